The van der Waals surface area contributed by atoms with Crippen LogP contribution in [0.1, 0.15) is 20.3 Å². The molecule has 1 fully saturated rings. The van der Waals surface area contributed by atoms with E-state index in [1.54, 1.807) is 13.8 Å². The van der Waals surface area contributed by atoms with Crippen LogP contribution in [-0.4, -0.2) is 23.9 Å². The molecule has 2 atom stereocenters. The summed E-state index contributed by atoms with van der Waals surface area (Å²) in [7, 11) is 0. The molecule has 0 saturated carbocycles. The largest absolute Gasteiger partial charge is 0.343 e. The Balaban J connectivity index is 2.51. The number of nitrogens with zero attached hydrogens (tertiary/aromatic N) is 1. The van der Waals surface area contributed by atoms with Crippen LogP contribution in [0.4, 0.5) is 10.1 Å². The molecule has 2 amide bonds. The molecule has 1 aliphatic rings. The highest BCUT2D eigenvalue weighted by atomic mass is 35.5. The Hall–Kier alpha value is -1.62. The molecule has 1 aromatic rings. The van der Waals surface area contributed by atoms with E-state index in [0.29, 0.717) is 6.42 Å². The number of anilines is 1. The van der Waals surface area contributed by atoms with E-state index in [9.17, 15) is 14.0 Å². The third-order valence-electron chi connectivity index (χ3n) is 3.14. The highest BCUT2D eigenvalue weighted by Gasteiger charge is 2.39. The first kappa shape index (κ1) is 13.8. The van der Waals surface area contributed by atoms with Crippen molar-refractivity contribution in [2.45, 2.75) is 32.4 Å². The van der Waals surface area contributed by atoms with Gasteiger partial charge >= 0.3 is 0 Å². The van der Waals surface area contributed by atoms with Crippen LogP contribution in [0, 0.1) is 5.82 Å². The minimum Gasteiger partial charge on any atom is -0.343 e. The molecule has 19 heavy (non-hydrogen) atoms. The normalized spacial score (nSPS) is 23.5. The smallest absolute Gasteiger partial charge is 0.250 e. The Morgan fingerprint density at radius 3 is 2.74 bits per heavy atom. The maximum absolute atomic E-state index is 13.4. The molecule has 0 spiro atoms. The van der Waals surface area contributed by atoms with Gasteiger partial charge in [-0.1, -0.05) is 18.5 Å². The van der Waals surface area contributed by atoms with E-state index in [2.05, 4.69) is 5.32 Å². The van der Waals surface area contributed by atoms with Crippen molar-refractivity contribution in [3.63, 3.8) is 0 Å². The maximum Gasteiger partial charge on any atom is 0.250 e. The number of benzene rings is 1. The summed E-state index contributed by atoms with van der Waals surface area (Å²) < 4.78 is 13.4. The minimum absolute atomic E-state index is 0.236. The van der Waals surface area contributed by atoms with Gasteiger partial charge in [0.15, 0.2) is 0 Å². The zero-order valence-corrected chi connectivity index (χ0v) is 11.4. The van der Waals surface area contributed by atoms with Crippen molar-refractivity contribution in [2.75, 3.05) is 4.90 Å². The van der Waals surface area contributed by atoms with Gasteiger partial charge in [-0.2, -0.15) is 0 Å². The standard InChI is InChI=1S/C13H14ClFN2O2/c1-3-10-12(18)16-7(2)13(19)17(10)11-6-8(15)4-5-9(11)14/h4-7,10H,3H2,1-2H3,(H,16,18). The second-order valence-corrected chi connectivity index (χ2v) is 4.87. The van der Waals surface area contributed by atoms with Gasteiger partial charge in [0, 0.05) is 0 Å². The molecule has 0 aromatic heterocycles. The number of hydrogen-bond donors (Lipinski definition) is 1. The average Bonchev–Trinajstić information content (AvgIpc) is 2.36. The molecule has 1 aromatic carbocycles. The summed E-state index contributed by atoms with van der Waals surface area (Å²) in [6.07, 6.45) is 0.428. The first-order valence-electron chi connectivity index (χ1n) is 6.04. The number of amides is 2. The molecule has 4 nitrogen and oxygen atoms in total. The first-order chi connectivity index (χ1) is 8.95. The Kier molecular flexibility index (Phi) is 3.75. The molecule has 1 heterocycles. The van der Waals surface area contributed by atoms with Gasteiger partial charge in [0.1, 0.15) is 17.9 Å². The topological polar surface area (TPSA) is 49.4 Å². The maximum atomic E-state index is 13.4. The van der Waals surface area contributed by atoms with Gasteiger partial charge in [-0.05, 0) is 31.5 Å². The van der Waals surface area contributed by atoms with Gasteiger partial charge < -0.3 is 5.32 Å². The lowest BCUT2D eigenvalue weighted by atomic mass is 10.0. The van der Waals surface area contributed by atoms with Crippen molar-refractivity contribution >= 4 is 29.1 Å². The Morgan fingerprint density at radius 1 is 1.42 bits per heavy atom. The van der Waals surface area contributed by atoms with E-state index in [-0.39, 0.29) is 22.5 Å². The number of hydrogen-bond acceptors (Lipinski definition) is 2. The monoisotopic (exact) mass is 284 g/mol. The molecule has 1 aliphatic heterocycles. The molecule has 0 aliphatic carbocycles. The van der Waals surface area contributed by atoms with Crippen molar-refractivity contribution in [3.05, 3.63) is 29.0 Å². The second-order valence-electron chi connectivity index (χ2n) is 4.46. The molecule has 1 saturated heterocycles. The van der Waals surface area contributed by atoms with Crippen molar-refractivity contribution in [2.24, 2.45) is 0 Å². The van der Waals surface area contributed by atoms with Crippen molar-refractivity contribution < 1.29 is 14.0 Å². The van der Waals surface area contributed by atoms with Crippen LogP contribution in [0.5, 0.6) is 0 Å². The number of piperazine rings is 1. The summed E-state index contributed by atoms with van der Waals surface area (Å²) >= 11 is 6.02. The number of carbonyl (C=O) groups excluding carboxylic acids is 2. The molecule has 0 radical (unpaired) electrons. The Labute approximate surface area is 115 Å². The molecule has 0 bridgehead atoms. The lowest BCUT2D eigenvalue weighted by Gasteiger charge is -2.37. The van der Waals surface area contributed by atoms with E-state index in [1.807, 2.05) is 0 Å². The average molecular weight is 285 g/mol. The highest BCUT2D eigenvalue weighted by molar-refractivity contribution is 6.34. The van der Waals surface area contributed by atoms with Crippen LogP contribution in [0.25, 0.3) is 0 Å². The second kappa shape index (κ2) is 5.17. The molecule has 2 unspecified atom stereocenters. The third kappa shape index (κ3) is 2.42. The van der Waals surface area contributed by atoms with Gasteiger partial charge in [-0.15, -0.1) is 0 Å². The van der Waals surface area contributed by atoms with Gasteiger partial charge in [0.25, 0.3) is 0 Å². The van der Waals surface area contributed by atoms with Gasteiger partial charge in [0.2, 0.25) is 11.8 Å². The SMILES string of the molecule is CCC1C(=O)NC(C)C(=O)N1c1cc(F)ccc1Cl. The summed E-state index contributed by atoms with van der Waals surface area (Å²) in [5, 5.41) is 2.84. The molecular weight excluding hydrogens is 271 g/mol. The van der Waals surface area contributed by atoms with Crippen molar-refractivity contribution in [1.82, 2.24) is 5.32 Å². The van der Waals surface area contributed by atoms with Crippen molar-refractivity contribution in [1.29, 1.82) is 0 Å². The van der Waals surface area contributed by atoms with Gasteiger partial charge in [0.05, 0.1) is 10.7 Å². The molecule has 102 valence electrons. The van der Waals surface area contributed by atoms with Crippen LogP contribution in [-0.2, 0) is 9.59 Å². The highest BCUT2D eigenvalue weighted by Crippen LogP contribution is 2.31. The van der Waals surface area contributed by atoms with Gasteiger partial charge in [-0.3, -0.25) is 14.5 Å². The zero-order chi connectivity index (χ0) is 14.2. The molecule has 2 rings (SSSR count). The summed E-state index contributed by atoms with van der Waals surface area (Å²) in [4.78, 5) is 25.4. The molecule has 6 heteroatoms. The van der Waals surface area contributed by atoms with E-state index < -0.39 is 17.9 Å². The van der Waals surface area contributed by atoms with E-state index in [0.717, 1.165) is 0 Å². The van der Waals surface area contributed by atoms with E-state index in [1.165, 1.54) is 23.1 Å². The number of halogens is 2. The number of rotatable bonds is 2. The van der Waals surface area contributed by atoms with Crippen LogP contribution in [0.3, 0.4) is 0 Å². The van der Waals surface area contributed by atoms with E-state index in [4.69, 9.17) is 11.6 Å². The minimum atomic E-state index is -0.664. The molecule has 1 N–H and O–H groups in total. The van der Waals surface area contributed by atoms with Crippen LogP contribution in [0.2, 0.25) is 5.02 Å². The number of carbonyl (C=O) groups is 2. The summed E-state index contributed by atoms with van der Waals surface area (Å²) in [6.45, 7) is 3.38. The summed E-state index contributed by atoms with van der Waals surface area (Å²) in [6, 6.07) is 2.46. The van der Waals surface area contributed by atoms with Crippen molar-refractivity contribution in [3.8, 4) is 0 Å². The third-order valence-corrected chi connectivity index (χ3v) is 3.45. The summed E-state index contributed by atoms with van der Waals surface area (Å²) in [5.41, 5.74) is 0.236. The van der Waals surface area contributed by atoms with Crippen LogP contribution < -0.4 is 10.2 Å². The van der Waals surface area contributed by atoms with E-state index >= 15 is 0 Å². The lowest BCUT2D eigenvalue weighted by molar-refractivity contribution is -0.133. The zero-order valence-electron chi connectivity index (χ0n) is 10.6. The Morgan fingerprint density at radius 2 is 2.11 bits per heavy atom. The number of nitrogens with one attached hydrogen (secondary N) is 1. The van der Waals surface area contributed by atoms with Crippen LogP contribution >= 0.6 is 11.6 Å². The fourth-order valence-electron chi connectivity index (χ4n) is 2.18. The summed E-state index contributed by atoms with van der Waals surface area (Å²) in [5.74, 6) is -1.05. The quantitative estimate of drug-likeness (QED) is 0.904. The van der Waals surface area contributed by atoms with Gasteiger partial charge in [-0.25, -0.2) is 4.39 Å². The van der Waals surface area contributed by atoms with Crippen LogP contribution in [0.15, 0.2) is 18.2 Å². The first-order valence-corrected chi connectivity index (χ1v) is 6.42. The fraction of sp³-hybridized carbons (Fsp3) is 0.385. The lowest BCUT2D eigenvalue weighted by Crippen LogP contribution is -2.62. The Bertz CT molecular complexity index is 535. The predicted molar refractivity (Wildman–Crippen MR) is 70.6 cm³/mol. The molecular formula is C13H14ClFN2O2. The fourth-order valence-corrected chi connectivity index (χ4v) is 2.38. The predicted octanol–water partition coefficient (Wildman–Crippen LogP) is 2.11.